The van der Waals surface area contributed by atoms with Crippen LogP contribution in [-0.4, -0.2) is 32.1 Å². The Morgan fingerprint density at radius 3 is 3.11 bits per heavy atom. The molecule has 9 heavy (non-hydrogen) atoms. The van der Waals surface area contributed by atoms with Gasteiger partial charge in [-0.3, -0.25) is 5.32 Å². The molecule has 0 aromatic rings. The fraction of sp³-hybridized carbons (Fsp3) is 1.00. The van der Waals surface area contributed by atoms with Crippen molar-refractivity contribution >= 4 is 0 Å². The Balaban J connectivity index is 1.97. The lowest BCUT2D eigenvalue weighted by molar-refractivity contribution is -0.0567. The molecule has 2 aliphatic heterocycles. The summed E-state index contributed by atoms with van der Waals surface area (Å²) in [6.07, 6.45) is 1.58. The molecule has 2 rings (SSSR count). The number of hydrogen-bond donors (Lipinski definition) is 1. The van der Waals surface area contributed by atoms with Crippen molar-refractivity contribution in [2.45, 2.75) is 18.8 Å². The second-order valence-corrected chi connectivity index (χ2v) is 2.44. The lowest BCUT2D eigenvalue weighted by atomic mass is 10.2. The minimum Gasteiger partial charge on any atom is -0.373 e. The molecule has 2 aliphatic rings. The molecule has 0 aliphatic carbocycles. The maximum atomic E-state index is 5.41. The van der Waals surface area contributed by atoms with Gasteiger partial charge in [0, 0.05) is 13.0 Å². The second kappa shape index (κ2) is 2.25. The molecule has 2 saturated heterocycles. The normalized spacial score (nSPS) is 42.7. The number of fused-ring (bicyclic) bond motifs is 1. The van der Waals surface area contributed by atoms with Crippen molar-refractivity contribution in [3.8, 4) is 0 Å². The fourth-order valence-corrected chi connectivity index (χ4v) is 1.34. The van der Waals surface area contributed by atoms with Gasteiger partial charge in [0.05, 0.1) is 19.3 Å². The van der Waals surface area contributed by atoms with Crippen LogP contribution in [0.2, 0.25) is 0 Å². The van der Waals surface area contributed by atoms with Gasteiger partial charge in [-0.15, -0.1) is 0 Å². The molecule has 3 heteroatoms. The molecule has 0 bridgehead atoms. The maximum Gasteiger partial charge on any atom is 0.134 e. The SMILES string of the molecule is C1COC2CCOC2N1. The van der Waals surface area contributed by atoms with Gasteiger partial charge in [-0.2, -0.15) is 0 Å². The highest BCUT2D eigenvalue weighted by Gasteiger charge is 2.30. The minimum absolute atomic E-state index is 0.193. The monoisotopic (exact) mass is 129 g/mol. The summed E-state index contributed by atoms with van der Waals surface area (Å²) < 4.78 is 10.7. The van der Waals surface area contributed by atoms with E-state index in [0.717, 1.165) is 26.2 Å². The van der Waals surface area contributed by atoms with Crippen LogP contribution in [0.1, 0.15) is 6.42 Å². The van der Waals surface area contributed by atoms with Crippen molar-refractivity contribution in [1.82, 2.24) is 5.32 Å². The van der Waals surface area contributed by atoms with E-state index in [1.165, 1.54) is 0 Å². The minimum atomic E-state index is 0.193. The van der Waals surface area contributed by atoms with Gasteiger partial charge in [-0.1, -0.05) is 0 Å². The number of rotatable bonds is 0. The van der Waals surface area contributed by atoms with Crippen molar-refractivity contribution in [3.63, 3.8) is 0 Å². The summed E-state index contributed by atoms with van der Waals surface area (Å²) in [5, 5.41) is 3.23. The zero-order valence-electron chi connectivity index (χ0n) is 5.30. The lowest BCUT2D eigenvalue weighted by Crippen LogP contribution is -2.45. The van der Waals surface area contributed by atoms with Gasteiger partial charge in [-0.25, -0.2) is 0 Å². The van der Waals surface area contributed by atoms with E-state index in [0.29, 0.717) is 6.10 Å². The van der Waals surface area contributed by atoms with Gasteiger partial charge in [0.2, 0.25) is 0 Å². The van der Waals surface area contributed by atoms with E-state index in [1.54, 1.807) is 0 Å². The predicted octanol–water partition coefficient (Wildman–Crippen LogP) is -0.279. The highest BCUT2D eigenvalue weighted by atomic mass is 16.6. The van der Waals surface area contributed by atoms with E-state index in [4.69, 9.17) is 9.47 Å². The van der Waals surface area contributed by atoms with Crippen LogP contribution in [0.15, 0.2) is 0 Å². The summed E-state index contributed by atoms with van der Waals surface area (Å²) >= 11 is 0. The molecule has 2 heterocycles. The zero-order chi connectivity index (χ0) is 6.10. The number of morpholine rings is 1. The van der Waals surface area contributed by atoms with Gasteiger partial charge in [-0.05, 0) is 0 Å². The van der Waals surface area contributed by atoms with E-state index in [9.17, 15) is 0 Å². The molecule has 1 N–H and O–H groups in total. The van der Waals surface area contributed by atoms with Crippen molar-refractivity contribution < 1.29 is 9.47 Å². The van der Waals surface area contributed by atoms with Crippen LogP contribution in [0.3, 0.4) is 0 Å². The molecule has 0 amide bonds. The van der Waals surface area contributed by atoms with Crippen LogP contribution in [0.5, 0.6) is 0 Å². The summed E-state index contributed by atoms with van der Waals surface area (Å²) in [6, 6.07) is 0. The smallest absolute Gasteiger partial charge is 0.134 e. The van der Waals surface area contributed by atoms with Gasteiger partial charge in [0.1, 0.15) is 6.23 Å². The third kappa shape index (κ3) is 0.956. The standard InChI is InChI=1S/C6H11NO2/c1-3-9-6-5(1)8-4-2-7-6/h5-7H,1-4H2. The Morgan fingerprint density at radius 1 is 1.22 bits per heavy atom. The van der Waals surface area contributed by atoms with E-state index in [2.05, 4.69) is 5.32 Å². The lowest BCUT2D eigenvalue weighted by Gasteiger charge is -2.25. The molecule has 0 saturated carbocycles. The third-order valence-corrected chi connectivity index (χ3v) is 1.82. The van der Waals surface area contributed by atoms with Crippen LogP contribution < -0.4 is 5.32 Å². The highest BCUT2D eigenvalue weighted by molar-refractivity contribution is 4.77. The summed E-state index contributed by atoms with van der Waals surface area (Å²) in [5.41, 5.74) is 0. The zero-order valence-corrected chi connectivity index (χ0v) is 5.30. The Bertz CT molecular complexity index is 95.2. The molecule has 0 aromatic heterocycles. The summed E-state index contributed by atoms with van der Waals surface area (Å²) in [5.74, 6) is 0. The van der Waals surface area contributed by atoms with E-state index in [-0.39, 0.29) is 6.23 Å². The van der Waals surface area contributed by atoms with Crippen molar-refractivity contribution in [1.29, 1.82) is 0 Å². The van der Waals surface area contributed by atoms with Crippen LogP contribution in [0, 0.1) is 0 Å². The first-order valence-corrected chi connectivity index (χ1v) is 3.43. The van der Waals surface area contributed by atoms with Gasteiger partial charge >= 0.3 is 0 Å². The van der Waals surface area contributed by atoms with Crippen molar-refractivity contribution in [2.24, 2.45) is 0 Å². The number of ether oxygens (including phenoxy) is 2. The van der Waals surface area contributed by atoms with Crippen LogP contribution in [-0.2, 0) is 9.47 Å². The quantitative estimate of drug-likeness (QED) is 0.488. The first-order valence-electron chi connectivity index (χ1n) is 3.43. The maximum absolute atomic E-state index is 5.41. The average Bonchev–Trinajstić information content (AvgIpc) is 2.33. The molecule has 2 atom stereocenters. The van der Waals surface area contributed by atoms with Crippen molar-refractivity contribution in [3.05, 3.63) is 0 Å². The Morgan fingerprint density at radius 2 is 2.22 bits per heavy atom. The summed E-state index contributed by atoms with van der Waals surface area (Å²) in [6.45, 7) is 2.62. The predicted molar refractivity (Wildman–Crippen MR) is 32.1 cm³/mol. The molecule has 2 fully saturated rings. The van der Waals surface area contributed by atoms with Crippen LogP contribution in [0.25, 0.3) is 0 Å². The Kier molecular flexibility index (Phi) is 1.41. The van der Waals surface area contributed by atoms with Gasteiger partial charge < -0.3 is 9.47 Å². The second-order valence-electron chi connectivity index (χ2n) is 2.44. The van der Waals surface area contributed by atoms with E-state index in [1.807, 2.05) is 0 Å². The molecule has 52 valence electrons. The molecule has 0 aromatic carbocycles. The Hall–Kier alpha value is -0.120. The van der Waals surface area contributed by atoms with Crippen LogP contribution >= 0.6 is 0 Å². The van der Waals surface area contributed by atoms with E-state index < -0.39 is 0 Å². The third-order valence-electron chi connectivity index (χ3n) is 1.82. The summed E-state index contributed by atoms with van der Waals surface area (Å²) in [4.78, 5) is 0. The Labute approximate surface area is 54.3 Å². The van der Waals surface area contributed by atoms with Gasteiger partial charge in [0.15, 0.2) is 0 Å². The first kappa shape index (κ1) is 5.65. The van der Waals surface area contributed by atoms with Gasteiger partial charge in [0.25, 0.3) is 0 Å². The number of nitrogens with one attached hydrogen (secondary N) is 1. The topological polar surface area (TPSA) is 30.5 Å². The fourth-order valence-electron chi connectivity index (χ4n) is 1.34. The molecular formula is C6H11NO2. The molecule has 0 spiro atoms. The van der Waals surface area contributed by atoms with Crippen molar-refractivity contribution in [2.75, 3.05) is 19.8 Å². The molecule has 0 radical (unpaired) electrons. The number of hydrogen-bond acceptors (Lipinski definition) is 3. The first-order chi connectivity index (χ1) is 4.47. The molecular weight excluding hydrogens is 118 g/mol. The highest BCUT2D eigenvalue weighted by Crippen LogP contribution is 2.16. The van der Waals surface area contributed by atoms with Crippen LogP contribution in [0.4, 0.5) is 0 Å². The van der Waals surface area contributed by atoms with E-state index >= 15 is 0 Å². The molecule has 2 unspecified atom stereocenters. The molecule has 3 nitrogen and oxygen atoms in total. The largest absolute Gasteiger partial charge is 0.373 e. The summed E-state index contributed by atoms with van der Waals surface area (Å²) in [7, 11) is 0. The average molecular weight is 129 g/mol.